The van der Waals surface area contributed by atoms with E-state index >= 15 is 0 Å². The number of pyridine rings is 1. The molecular formula is C37H54N6O3. The fourth-order valence-electron chi connectivity index (χ4n) is 8.72. The minimum absolute atomic E-state index is 0.0226. The van der Waals surface area contributed by atoms with Crippen molar-refractivity contribution in [3.8, 4) is 11.4 Å². The van der Waals surface area contributed by atoms with Crippen LogP contribution >= 0.6 is 0 Å². The third-order valence-electron chi connectivity index (χ3n) is 11.8. The smallest absolute Gasteiger partial charge is 0.410 e. The Bertz CT molecular complexity index is 1340. The Kier molecular flexibility index (Phi) is 9.97. The van der Waals surface area contributed by atoms with E-state index in [1.165, 1.54) is 44.9 Å². The highest BCUT2D eigenvalue weighted by molar-refractivity contribution is 5.96. The van der Waals surface area contributed by atoms with Crippen LogP contribution in [-0.4, -0.2) is 92.1 Å². The summed E-state index contributed by atoms with van der Waals surface area (Å²) in [4.78, 5) is 47.3. The number of carbonyl (C=O) groups is 2. The van der Waals surface area contributed by atoms with Gasteiger partial charge in [-0.15, -0.1) is 0 Å². The number of aryl methyl sites for hydroxylation is 2. The first-order valence-corrected chi connectivity index (χ1v) is 18.0. The van der Waals surface area contributed by atoms with Crippen LogP contribution in [0.2, 0.25) is 0 Å². The van der Waals surface area contributed by atoms with Gasteiger partial charge in [0.25, 0.3) is 5.91 Å². The molecule has 0 radical (unpaired) electrons. The summed E-state index contributed by atoms with van der Waals surface area (Å²) >= 11 is 0. The molecule has 2 aromatic heterocycles. The van der Waals surface area contributed by atoms with E-state index in [-0.39, 0.29) is 23.1 Å². The van der Waals surface area contributed by atoms with E-state index in [0.717, 1.165) is 75.2 Å². The topological polar surface area (TPSA) is 91.8 Å². The van der Waals surface area contributed by atoms with Crippen molar-refractivity contribution in [2.45, 2.75) is 116 Å². The van der Waals surface area contributed by atoms with Gasteiger partial charge in [0.15, 0.2) is 5.82 Å². The van der Waals surface area contributed by atoms with Crippen molar-refractivity contribution in [3.05, 3.63) is 41.5 Å². The molecule has 1 aliphatic carbocycles. The van der Waals surface area contributed by atoms with Gasteiger partial charge in [0.2, 0.25) is 0 Å². The number of ether oxygens (including phenoxy) is 1. The zero-order valence-electron chi connectivity index (χ0n) is 28.6. The van der Waals surface area contributed by atoms with Crippen LogP contribution in [0.5, 0.6) is 0 Å². The highest BCUT2D eigenvalue weighted by Gasteiger charge is 2.51. The summed E-state index contributed by atoms with van der Waals surface area (Å²) in [5.74, 6) is 1.69. The molecule has 0 aromatic carbocycles. The van der Waals surface area contributed by atoms with Gasteiger partial charge in [-0.1, -0.05) is 39.0 Å². The molecule has 5 heterocycles. The molecule has 0 N–H and O–H groups in total. The molecule has 3 aliphatic heterocycles. The molecule has 9 nitrogen and oxygen atoms in total. The van der Waals surface area contributed by atoms with Crippen molar-refractivity contribution in [1.82, 2.24) is 29.7 Å². The Labute approximate surface area is 275 Å². The van der Waals surface area contributed by atoms with Crippen LogP contribution in [0.1, 0.15) is 113 Å². The molecular weight excluding hydrogens is 576 g/mol. The molecule has 6 rings (SSSR count). The van der Waals surface area contributed by atoms with E-state index in [1.54, 1.807) is 12.4 Å². The molecule has 4 aliphatic rings. The number of amides is 2. The number of likely N-dealkylation sites (tertiary alicyclic amines) is 2. The van der Waals surface area contributed by atoms with Crippen molar-refractivity contribution in [2.24, 2.45) is 11.8 Å². The molecule has 2 amide bonds. The van der Waals surface area contributed by atoms with Gasteiger partial charge in [0, 0.05) is 81.5 Å². The standard InChI is InChI=1S/C37H54N6O3/c1-5-6-12-31-26-42(25-29-10-8-7-9-11-29)35(45)46-37(31)17-23-43(24-18-37)36(4)15-21-41(22-16-36)34(44)32-27(2)39-33(40-28(32)3)30-13-19-38-20-14-30/h13-14,19-20,29,31H,5-12,15-18,21-26H2,1-4H3. The van der Waals surface area contributed by atoms with Crippen LogP contribution in [0.3, 0.4) is 0 Å². The van der Waals surface area contributed by atoms with Gasteiger partial charge < -0.3 is 14.5 Å². The van der Waals surface area contributed by atoms with Gasteiger partial charge in [-0.2, -0.15) is 0 Å². The van der Waals surface area contributed by atoms with Crippen LogP contribution in [0.15, 0.2) is 24.5 Å². The minimum atomic E-state index is -0.337. The predicted molar refractivity (Wildman–Crippen MR) is 179 cm³/mol. The fourth-order valence-corrected chi connectivity index (χ4v) is 8.72. The number of unbranched alkanes of at least 4 members (excludes halogenated alkanes) is 1. The van der Waals surface area contributed by atoms with Crippen LogP contribution in [0.4, 0.5) is 4.79 Å². The van der Waals surface area contributed by atoms with Crippen LogP contribution in [0.25, 0.3) is 11.4 Å². The average Bonchev–Trinajstić information content (AvgIpc) is 3.06. The van der Waals surface area contributed by atoms with E-state index in [9.17, 15) is 9.59 Å². The van der Waals surface area contributed by atoms with Crippen LogP contribution in [-0.2, 0) is 4.74 Å². The Morgan fingerprint density at radius 3 is 2.24 bits per heavy atom. The molecule has 0 bridgehead atoms. The first kappa shape index (κ1) is 32.9. The zero-order chi connectivity index (χ0) is 32.3. The first-order chi connectivity index (χ1) is 22.2. The quantitative estimate of drug-likeness (QED) is 0.316. The maximum Gasteiger partial charge on any atom is 0.410 e. The molecule has 3 saturated heterocycles. The summed E-state index contributed by atoms with van der Waals surface area (Å²) in [7, 11) is 0. The highest BCUT2D eigenvalue weighted by atomic mass is 16.6. The summed E-state index contributed by atoms with van der Waals surface area (Å²) in [5.41, 5.74) is 2.64. The summed E-state index contributed by atoms with van der Waals surface area (Å²) in [6.07, 6.45) is 16.9. The number of piperidine rings is 2. The molecule has 1 saturated carbocycles. The SMILES string of the molecule is CCCCC1CN(CC2CCCCC2)C(=O)OC12CCN(C1(C)CCN(C(=O)c3c(C)nc(-c4ccncc4)nc3C)CC1)CC2. The molecule has 1 atom stereocenters. The summed E-state index contributed by atoms with van der Waals surface area (Å²) < 4.78 is 6.50. The maximum absolute atomic E-state index is 13.8. The Hall–Kier alpha value is -3.07. The lowest BCUT2D eigenvalue weighted by Gasteiger charge is -2.55. The third-order valence-corrected chi connectivity index (χ3v) is 11.8. The van der Waals surface area contributed by atoms with Crippen LogP contribution in [0, 0.1) is 25.7 Å². The monoisotopic (exact) mass is 630 g/mol. The van der Waals surface area contributed by atoms with Gasteiger partial charge >= 0.3 is 6.09 Å². The Morgan fingerprint density at radius 2 is 1.61 bits per heavy atom. The molecule has 1 spiro atoms. The summed E-state index contributed by atoms with van der Waals surface area (Å²) in [6, 6.07) is 3.78. The molecule has 9 heteroatoms. The lowest BCUT2D eigenvalue weighted by atomic mass is 9.74. The molecule has 250 valence electrons. The molecule has 4 fully saturated rings. The highest BCUT2D eigenvalue weighted by Crippen LogP contribution is 2.44. The Balaban J connectivity index is 1.07. The fraction of sp³-hybridized carbons (Fsp3) is 0.703. The number of nitrogens with zero attached hydrogens (tertiary/aromatic N) is 6. The van der Waals surface area contributed by atoms with E-state index in [1.807, 2.05) is 30.9 Å². The molecule has 46 heavy (non-hydrogen) atoms. The van der Waals surface area contributed by atoms with E-state index in [2.05, 4.69) is 28.6 Å². The lowest BCUT2D eigenvalue weighted by Crippen LogP contribution is -2.63. The van der Waals surface area contributed by atoms with Gasteiger partial charge in [0.1, 0.15) is 5.60 Å². The number of hydrogen-bond acceptors (Lipinski definition) is 7. The van der Waals surface area contributed by atoms with Gasteiger partial charge in [-0.25, -0.2) is 14.8 Å². The predicted octanol–water partition coefficient (Wildman–Crippen LogP) is 6.82. The van der Waals surface area contributed by atoms with Crippen molar-refractivity contribution < 1.29 is 14.3 Å². The van der Waals surface area contributed by atoms with Crippen molar-refractivity contribution in [3.63, 3.8) is 0 Å². The molecule has 1 unspecified atom stereocenters. The molecule has 2 aromatic rings. The van der Waals surface area contributed by atoms with Crippen molar-refractivity contribution in [1.29, 1.82) is 0 Å². The van der Waals surface area contributed by atoms with Crippen molar-refractivity contribution in [2.75, 3.05) is 39.3 Å². The normalized spacial score (nSPS) is 23.8. The third kappa shape index (κ3) is 6.80. The van der Waals surface area contributed by atoms with Crippen LogP contribution < -0.4 is 0 Å². The number of carbonyl (C=O) groups excluding carboxylic acids is 2. The van der Waals surface area contributed by atoms with Gasteiger partial charge in [0.05, 0.1) is 17.0 Å². The van der Waals surface area contributed by atoms with E-state index in [0.29, 0.717) is 36.3 Å². The van der Waals surface area contributed by atoms with E-state index < -0.39 is 0 Å². The number of rotatable bonds is 8. The number of aromatic nitrogens is 3. The Morgan fingerprint density at radius 1 is 0.957 bits per heavy atom. The second-order valence-corrected chi connectivity index (χ2v) is 14.8. The van der Waals surface area contributed by atoms with E-state index in [4.69, 9.17) is 14.7 Å². The van der Waals surface area contributed by atoms with Crippen molar-refractivity contribution >= 4 is 12.0 Å². The van der Waals surface area contributed by atoms with Gasteiger partial charge in [-0.05, 0) is 70.9 Å². The van der Waals surface area contributed by atoms with Gasteiger partial charge in [-0.3, -0.25) is 14.7 Å². The summed E-state index contributed by atoms with van der Waals surface area (Å²) in [5, 5.41) is 0. The number of hydrogen-bond donors (Lipinski definition) is 0. The minimum Gasteiger partial charge on any atom is -0.442 e. The lowest BCUT2D eigenvalue weighted by molar-refractivity contribution is -0.134. The zero-order valence-corrected chi connectivity index (χ0v) is 28.6. The second kappa shape index (κ2) is 14.0. The second-order valence-electron chi connectivity index (χ2n) is 14.8. The first-order valence-electron chi connectivity index (χ1n) is 18.0. The average molecular weight is 631 g/mol. The summed E-state index contributed by atoms with van der Waals surface area (Å²) in [6.45, 7) is 13.5. The largest absolute Gasteiger partial charge is 0.442 e. The maximum atomic E-state index is 13.8.